The van der Waals surface area contributed by atoms with E-state index in [1.165, 1.54) is 19.4 Å². The van der Waals surface area contributed by atoms with Crippen molar-refractivity contribution in [3.63, 3.8) is 0 Å². The lowest BCUT2D eigenvalue weighted by Gasteiger charge is -2.19. The normalized spacial score (nSPS) is 35.0. The summed E-state index contributed by atoms with van der Waals surface area (Å²) in [4.78, 5) is 13.1. The molecule has 0 aromatic rings. The molecule has 0 aliphatic carbocycles. The zero-order valence-corrected chi connectivity index (χ0v) is 7.12. The van der Waals surface area contributed by atoms with Gasteiger partial charge in [-0.2, -0.15) is 0 Å². The number of rotatable bonds is 1. The van der Waals surface area contributed by atoms with Gasteiger partial charge in [0.2, 0.25) is 0 Å². The van der Waals surface area contributed by atoms with Crippen molar-refractivity contribution in [3.05, 3.63) is 0 Å². The van der Waals surface area contributed by atoms with Gasteiger partial charge < -0.3 is 11.1 Å². The molecular formula is C8H15N3O. The molecule has 2 atom stereocenters. The third-order valence-corrected chi connectivity index (χ3v) is 2.93. The Hall–Kier alpha value is -0.770. The number of nitrogens with two attached hydrogens (primary N) is 1. The average molecular weight is 169 g/mol. The number of urea groups is 1. The minimum atomic E-state index is -0.381. The quantitative estimate of drug-likeness (QED) is 0.575. The lowest BCUT2D eigenvalue weighted by Crippen LogP contribution is -2.44. The van der Waals surface area contributed by atoms with Crippen molar-refractivity contribution in [3.8, 4) is 0 Å². The van der Waals surface area contributed by atoms with Crippen molar-refractivity contribution in [1.82, 2.24) is 10.2 Å². The second-order valence-electron chi connectivity index (χ2n) is 3.65. The molecule has 68 valence electrons. The van der Waals surface area contributed by atoms with Crippen LogP contribution in [0.1, 0.15) is 19.3 Å². The van der Waals surface area contributed by atoms with Crippen LogP contribution in [-0.2, 0) is 0 Å². The van der Waals surface area contributed by atoms with Crippen molar-refractivity contribution in [2.75, 3.05) is 13.1 Å². The van der Waals surface area contributed by atoms with E-state index < -0.39 is 0 Å². The van der Waals surface area contributed by atoms with Crippen molar-refractivity contribution >= 4 is 6.03 Å². The maximum atomic E-state index is 10.6. The summed E-state index contributed by atoms with van der Waals surface area (Å²) in [6.45, 7) is 2.32. The van der Waals surface area contributed by atoms with E-state index in [1.807, 2.05) is 0 Å². The summed E-state index contributed by atoms with van der Waals surface area (Å²) in [6.07, 6.45) is 3.54. The summed E-state index contributed by atoms with van der Waals surface area (Å²) in [5.41, 5.74) is 5.09. The van der Waals surface area contributed by atoms with Gasteiger partial charge in [-0.3, -0.25) is 4.90 Å². The third-order valence-electron chi connectivity index (χ3n) is 2.93. The van der Waals surface area contributed by atoms with Gasteiger partial charge in [0.25, 0.3) is 0 Å². The van der Waals surface area contributed by atoms with E-state index >= 15 is 0 Å². The summed E-state index contributed by atoms with van der Waals surface area (Å²) >= 11 is 0. The Bertz CT molecular complexity index is 195. The number of nitrogens with zero attached hydrogens (tertiary/aromatic N) is 1. The standard InChI is InChI=1S/C8H15N3O/c9-8(12)10-6-3-5-11-4-1-2-7(6)11/h6-7H,1-5H2,(H3,9,10,12). The van der Waals surface area contributed by atoms with Gasteiger partial charge in [-0.25, -0.2) is 4.79 Å². The molecule has 2 aliphatic heterocycles. The van der Waals surface area contributed by atoms with E-state index in [4.69, 9.17) is 5.73 Å². The van der Waals surface area contributed by atoms with Crippen LogP contribution in [0.25, 0.3) is 0 Å². The second-order valence-corrected chi connectivity index (χ2v) is 3.65. The lowest BCUT2D eigenvalue weighted by molar-refractivity contribution is 0.239. The van der Waals surface area contributed by atoms with Crippen LogP contribution in [0.15, 0.2) is 0 Å². The smallest absolute Gasteiger partial charge is 0.312 e. The molecule has 0 radical (unpaired) electrons. The Morgan fingerprint density at radius 3 is 3.00 bits per heavy atom. The number of carbonyl (C=O) groups is 1. The van der Waals surface area contributed by atoms with Gasteiger partial charge in [0, 0.05) is 18.6 Å². The van der Waals surface area contributed by atoms with Crippen LogP contribution in [0, 0.1) is 0 Å². The maximum absolute atomic E-state index is 10.6. The zero-order chi connectivity index (χ0) is 8.55. The summed E-state index contributed by atoms with van der Waals surface area (Å²) < 4.78 is 0. The molecule has 4 heteroatoms. The molecule has 2 amide bonds. The van der Waals surface area contributed by atoms with Gasteiger partial charge >= 0.3 is 6.03 Å². The van der Waals surface area contributed by atoms with Crippen LogP contribution in [0.3, 0.4) is 0 Å². The van der Waals surface area contributed by atoms with Crippen LogP contribution in [0.5, 0.6) is 0 Å². The predicted molar refractivity (Wildman–Crippen MR) is 45.7 cm³/mol. The van der Waals surface area contributed by atoms with E-state index in [0.717, 1.165) is 13.0 Å². The molecule has 2 saturated heterocycles. The fourth-order valence-corrected chi connectivity index (χ4v) is 2.43. The molecule has 4 nitrogen and oxygen atoms in total. The highest BCUT2D eigenvalue weighted by Crippen LogP contribution is 2.27. The fourth-order valence-electron chi connectivity index (χ4n) is 2.43. The molecule has 0 bridgehead atoms. The Labute approximate surface area is 72.1 Å². The van der Waals surface area contributed by atoms with E-state index in [-0.39, 0.29) is 6.03 Å². The molecule has 2 heterocycles. The molecule has 2 unspecified atom stereocenters. The topological polar surface area (TPSA) is 58.4 Å². The lowest BCUT2D eigenvalue weighted by atomic mass is 10.1. The van der Waals surface area contributed by atoms with E-state index in [1.54, 1.807) is 0 Å². The Morgan fingerprint density at radius 1 is 1.42 bits per heavy atom. The molecule has 2 rings (SSSR count). The Balaban J connectivity index is 1.95. The minimum absolute atomic E-state index is 0.310. The number of primary amides is 1. The van der Waals surface area contributed by atoms with Crippen molar-refractivity contribution in [1.29, 1.82) is 0 Å². The Morgan fingerprint density at radius 2 is 2.25 bits per heavy atom. The molecule has 0 aromatic heterocycles. The molecule has 0 spiro atoms. The highest BCUT2D eigenvalue weighted by Gasteiger charge is 2.37. The maximum Gasteiger partial charge on any atom is 0.312 e. The third kappa shape index (κ3) is 1.27. The van der Waals surface area contributed by atoms with Crippen LogP contribution in [0.4, 0.5) is 4.79 Å². The van der Waals surface area contributed by atoms with Gasteiger partial charge in [-0.05, 0) is 25.8 Å². The molecule has 0 saturated carbocycles. The molecule has 2 aliphatic rings. The molecule has 0 aromatic carbocycles. The van der Waals surface area contributed by atoms with Crippen molar-refractivity contribution < 1.29 is 4.79 Å². The predicted octanol–water partition coefficient (Wildman–Crippen LogP) is -0.109. The first kappa shape index (κ1) is 7.86. The van der Waals surface area contributed by atoms with Gasteiger partial charge in [-0.1, -0.05) is 0 Å². The first-order valence-corrected chi connectivity index (χ1v) is 4.57. The first-order valence-electron chi connectivity index (χ1n) is 4.57. The molecule has 2 fully saturated rings. The van der Waals surface area contributed by atoms with Crippen molar-refractivity contribution in [2.24, 2.45) is 5.73 Å². The van der Waals surface area contributed by atoms with E-state index in [0.29, 0.717) is 12.1 Å². The number of carbonyl (C=O) groups excluding carboxylic acids is 1. The van der Waals surface area contributed by atoms with E-state index in [2.05, 4.69) is 10.2 Å². The summed E-state index contributed by atoms with van der Waals surface area (Å²) in [7, 11) is 0. The summed E-state index contributed by atoms with van der Waals surface area (Å²) in [6, 6.07) is 0.497. The zero-order valence-electron chi connectivity index (χ0n) is 7.12. The SMILES string of the molecule is NC(=O)NC1CCN2CCCC12. The number of amides is 2. The van der Waals surface area contributed by atoms with Gasteiger partial charge in [0.1, 0.15) is 0 Å². The highest BCUT2D eigenvalue weighted by molar-refractivity contribution is 5.72. The summed E-state index contributed by atoms with van der Waals surface area (Å²) in [5, 5.41) is 2.81. The van der Waals surface area contributed by atoms with Gasteiger partial charge in [0.15, 0.2) is 0 Å². The number of fused-ring (bicyclic) bond motifs is 1. The average Bonchev–Trinajstić information content (AvgIpc) is 2.52. The van der Waals surface area contributed by atoms with Crippen LogP contribution in [0.2, 0.25) is 0 Å². The molecule has 3 N–H and O–H groups in total. The minimum Gasteiger partial charge on any atom is -0.352 e. The first-order chi connectivity index (χ1) is 5.77. The number of nitrogens with one attached hydrogen (secondary N) is 1. The number of hydrogen-bond donors (Lipinski definition) is 2. The van der Waals surface area contributed by atoms with Crippen LogP contribution >= 0.6 is 0 Å². The monoisotopic (exact) mass is 169 g/mol. The van der Waals surface area contributed by atoms with Crippen LogP contribution < -0.4 is 11.1 Å². The molecular weight excluding hydrogens is 154 g/mol. The molecule has 12 heavy (non-hydrogen) atoms. The fraction of sp³-hybridized carbons (Fsp3) is 0.875. The van der Waals surface area contributed by atoms with E-state index in [9.17, 15) is 4.79 Å². The highest BCUT2D eigenvalue weighted by atomic mass is 16.2. The van der Waals surface area contributed by atoms with Gasteiger partial charge in [-0.15, -0.1) is 0 Å². The van der Waals surface area contributed by atoms with Crippen LogP contribution in [-0.4, -0.2) is 36.1 Å². The van der Waals surface area contributed by atoms with Gasteiger partial charge in [0.05, 0.1) is 0 Å². The number of hydrogen-bond acceptors (Lipinski definition) is 2. The Kier molecular flexibility index (Phi) is 1.92. The summed E-state index contributed by atoms with van der Waals surface area (Å²) in [5.74, 6) is 0. The van der Waals surface area contributed by atoms with Crippen molar-refractivity contribution in [2.45, 2.75) is 31.3 Å². The second kappa shape index (κ2) is 2.94. The largest absolute Gasteiger partial charge is 0.352 e.